The van der Waals surface area contributed by atoms with E-state index in [2.05, 4.69) is 33.0 Å². The van der Waals surface area contributed by atoms with E-state index in [0.29, 0.717) is 6.04 Å². The highest BCUT2D eigenvalue weighted by Gasteiger charge is 1.97. The van der Waals surface area contributed by atoms with Gasteiger partial charge in [0.2, 0.25) is 0 Å². The molecule has 0 bridgehead atoms. The Morgan fingerprint density at radius 1 is 1.08 bits per heavy atom. The van der Waals surface area contributed by atoms with Gasteiger partial charge in [-0.25, -0.2) is 0 Å². The second-order valence-electron chi connectivity index (χ2n) is 4.15. The van der Waals surface area contributed by atoms with Gasteiger partial charge < -0.3 is 5.32 Å². The molecule has 0 aromatic rings. The molecule has 0 spiro atoms. The van der Waals surface area contributed by atoms with Crippen molar-refractivity contribution < 1.29 is 0 Å². The maximum absolute atomic E-state index is 3.51. The quantitative estimate of drug-likeness (QED) is 0.580. The molecule has 12 heavy (non-hydrogen) atoms. The summed E-state index contributed by atoms with van der Waals surface area (Å²) in [6.45, 7) is 10.3. The molecule has 0 aliphatic heterocycles. The van der Waals surface area contributed by atoms with Gasteiger partial charge in [0.05, 0.1) is 0 Å². The van der Waals surface area contributed by atoms with Crippen molar-refractivity contribution >= 4 is 0 Å². The Bertz CT molecular complexity index is 89.0. The lowest BCUT2D eigenvalue weighted by Crippen LogP contribution is -2.26. The summed E-state index contributed by atoms with van der Waals surface area (Å²) in [4.78, 5) is 0. The van der Waals surface area contributed by atoms with Crippen LogP contribution in [0, 0.1) is 5.92 Å². The zero-order chi connectivity index (χ0) is 9.40. The lowest BCUT2D eigenvalue weighted by atomic mass is 10.1. The van der Waals surface area contributed by atoms with Gasteiger partial charge in [-0.1, -0.05) is 33.6 Å². The van der Waals surface area contributed by atoms with Crippen LogP contribution in [0.2, 0.25) is 0 Å². The molecule has 0 aliphatic rings. The monoisotopic (exact) mass is 171 g/mol. The molecule has 0 saturated heterocycles. The number of nitrogens with one attached hydrogen (secondary N) is 1. The minimum Gasteiger partial charge on any atom is -0.314 e. The molecule has 1 atom stereocenters. The van der Waals surface area contributed by atoms with Crippen LogP contribution in [0.25, 0.3) is 0 Å². The average Bonchev–Trinajstić information content (AvgIpc) is 2.03. The first-order valence-corrected chi connectivity index (χ1v) is 5.40. The van der Waals surface area contributed by atoms with Gasteiger partial charge in [0.1, 0.15) is 0 Å². The fraction of sp³-hybridized carbons (Fsp3) is 1.00. The van der Waals surface area contributed by atoms with Crippen LogP contribution in [-0.4, -0.2) is 12.6 Å². The Kier molecular flexibility index (Phi) is 7.58. The van der Waals surface area contributed by atoms with Crippen LogP contribution in [0.4, 0.5) is 0 Å². The van der Waals surface area contributed by atoms with Gasteiger partial charge in [0.15, 0.2) is 0 Å². The van der Waals surface area contributed by atoms with Crippen LogP contribution < -0.4 is 5.32 Å². The normalized spacial score (nSPS) is 13.8. The maximum atomic E-state index is 3.51. The summed E-state index contributed by atoms with van der Waals surface area (Å²) in [6, 6.07) is 0.698. The Morgan fingerprint density at radius 2 is 1.75 bits per heavy atom. The van der Waals surface area contributed by atoms with E-state index >= 15 is 0 Å². The number of unbranched alkanes of at least 4 members (excludes halogenated alkanes) is 1. The Morgan fingerprint density at radius 3 is 2.25 bits per heavy atom. The molecular formula is C11H25N. The fourth-order valence-electron chi connectivity index (χ4n) is 1.17. The average molecular weight is 171 g/mol. The fourth-order valence-corrected chi connectivity index (χ4v) is 1.17. The largest absolute Gasteiger partial charge is 0.314 e. The van der Waals surface area contributed by atoms with Gasteiger partial charge >= 0.3 is 0 Å². The van der Waals surface area contributed by atoms with Gasteiger partial charge in [0.25, 0.3) is 0 Å². The van der Waals surface area contributed by atoms with E-state index < -0.39 is 0 Å². The van der Waals surface area contributed by atoms with Gasteiger partial charge in [-0.05, 0) is 32.2 Å². The van der Waals surface area contributed by atoms with Crippen LogP contribution in [0.1, 0.15) is 53.4 Å². The second kappa shape index (κ2) is 7.60. The summed E-state index contributed by atoms with van der Waals surface area (Å²) in [5, 5.41) is 3.51. The molecule has 0 aromatic heterocycles. The molecule has 0 radical (unpaired) electrons. The Balaban J connectivity index is 3.00. The van der Waals surface area contributed by atoms with E-state index in [-0.39, 0.29) is 0 Å². The van der Waals surface area contributed by atoms with Crippen LogP contribution in [0.3, 0.4) is 0 Å². The third kappa shape index (κ3) is 8.06. The highest BCUT2D eigenvalue weighted by atomic mass is 14.9. The summed E-state index contributed by atoms with van der Waals surface area (Å²) in [6.07, 6.45) is 5.33. The lowest BCUT2D eigenvalue weighted by Gasteiger charge is -2.11. The Labute approximate surface area is 77.9 Å². The Hall–Kier alpha value is -0.0400. The van der Waals surface area contributed by atoms with Crippen molar-refractivity contribution in [2.75, 3.05) is 6.54 Å². The molecule has 74 valence electrons. The van der Waals surface area contributed by atoms with E-state index in [4.69, 9.17) is 0 Å². The zero-order valence-electron chi connectivity index (χ0n) is 9.19. The molecule has 1 N–H and O–H groups in total. The zero-order valence-corrected chi connectivity index (χ0v) is 9.19. The highest BCUT2D eigenvalue weighted by molar-refractivity contribution is 4.57. The molecule has 1 unspecified atom stereocenters. The summed E-state index contributed by atoms with van der Waals surface area (Å²) in [5.41, 5.74) is 0. The van der Waals surface area contributed by atoms with Crippen LogP contribution >= 0.6 is 0 Å². The summed E-state index contributed by atoms with van der Waals surface area (Å²) < 4.78 is 0. The number of hydrogen-bond acceptors (Lipinski definition) is 1. The summed E-state index contributed by atoms with van der Waals surface area (Å²) >= 11 is 0. The van der Waals surface area contributed by atoms with Gasteiger partial charge in [-0.15, -0.1) is 0 Å². The van der Waals surface area contributed by atoms with Crippen molar-refractivity contribution in [1.82, 2.24) is 5.32 Å². The lowest BCUT2D eigenvalue weighted by molar-refractivity contribution is 0.484. The first-order valence-electron chi connectivity index (χ1n) is 5.40. The summed E-state index contributed by atoms with van der Waals surface area (Å²) in [5.74, 6) is 0.869. The molecule has 1 heteroatoms. The second-order valence-corrected chi connectivity index (χ2v) is 4.15. The number of rotatable bonds is 7. The minimum atomic E-state index is 0.698. The highest BCUT2D eigenvalue weighted by Crippen LogP contribution is 2.05. The molecule has 0 amide bonds. The maximum Gasteiger partial charge on any atom is 0.00360 e. The molecule has 0 aliphatic carbocycles. The molecule has 0 heterocycles. The SMILES string of the molecule is CCC(C)NCCCCC(C)C. The van der Waals surface area contributed by atoms with Crippen molar-refractivity contribution in [3.63, 3.8) is 0 Å². The first kappa shape index (κ1) is 12.0. The van der Waals surface area contributed by atoms with Crippen molar-refractivity contribution in [2.24, 2.45) is 5.92 Å². The van der Waals surface area contributed by atoms with Gasteiger partial charge in [-0.2, -0.15) is 0 Å². The standard InChI is InChI=1S/C11H25N/c1-5-11(4)12-9-7-6-8-10(2)3/h10-12H,5-9H2,1-4H3. The first-order chi connectivity index (χ1) is 5.66. The van der Waals surface area contributed by atoms with Gasteiger partial charge in [0, 0.05) is 6.04 Å². The van der Waals surface area contributed by atoms with Crippen molar-refractivity contribution in [1.29, 1.82) is 0 Å². The smallest absolute Gasteiger partial charge is 0.00360 e. The van der Waals surface area contributed by atoms with Crippen LogP contribution in [0.5, 0.6) is 0 Å². The van der Waals surface area contributed by atoms with Crippen molar-refractivity contribution in [3.05, 3.63) is 0 Å². The summed E-state index contributed by atoms with van der Waals surface area (Å²) in [7, 11) is 0. The molecule has 1 nitrogen and oxygen atoms in total. The van der Waals surface area contributed by atoms with E-state index in [1.165, 1.54) is 32.2 Å². The van der Waals surface area contributed by atoms with E-state index in [1.54, 1.807) is 0 Å². The van der Waals surface area contributed by atoms with E-state index in [9.17, 15) is 0 Å². The molecule has 0 fully saturated rings. The third-order valence-corrected chi connectivity index (χ3v) is 2.31. The van der Waals surface area contributed by atoms with Crippen LogP contribution in [0.15, 0.2) is 0 Å². The van der Waals surface area contributed by atoms with Crippen molar-refractivity contribution in [3.8, 4) is 0 Å². The third-order valence-electron chi connectivity index (χ3n) is 2.31. The predicted molar refractivity (Wildman–Crippen MR) is 56.4 cm³/mol. The van der Waals surface area contributed by atoms with Crippen LogP contribution in [-0.2, 0) is 0 Å². The van der Waals surface area contributed by atoms with Gasteiger partial charge in [-0.3, -0.25) is 0 Å². The van der Waals surface area contributed by atoms with Crippen molar-refractivity contribution in [2.45, 2.75) is 59.4 Å². The van der Waals surface area contributed by atoms with E-state index in [1.807, 2.05) is 0 Å². The molecule has 0 saturated carbocycles. The molecule has 0 aromatic carbocycles. The minimum absolute atomic E-state index is 0.698. The predicted octanol–water partition coefficient (Wildman–Crippen LogP) is 3.20. The number of hydrogen-bond donors (Lipinski definition) is 1. The topological polar surface area (TPSA) is 12.0 Å². The molecule has 0 rings (SSSR count). The van der Waals surface area contributed by atoms with E-state index in [0.717, 1.165) is 5.92 Å². The molecular weight excluding hydrogens is 146 g/mol.